The van der Waals surface area contributed by atoms with Crippen LogP contribution in [0.25, 0.3) is 10.9 Å². The quantitative estimate of drug-likeness (QED) is 0.406. The van der Waals surface area contributed by atoms with Crippen molar-refractivity contribution in [3.8, 4) is 0 Å². The number of fused-ring (bicyclic) bond motifs is 1. The molecule has 7 heteroatoms. The SMILES string of the molecule is Cc1ccc(C)c(NC(=O)Cn2cc(S(=O)(=O)Cc3ccccc3Cl)c3ccccc32)c1. The van der Waals surface area contributed by atoms with Gasteiger partial charge >= 0.3 is 0 Å². The van der Waals surface area contributed by atoms with Crippen LogP contribution in [0.4, 0.5) is 5.69 Å². The molecule has 1 N–H and O–H groups in total. The van der Waals surface area contributed by atoms with Crippen molar-refractivity contribution in [3.05, 3.63) is 94.6 Å². The maximum atomic E-state index is 13.3. The van der Waals surface area contributed by atoms with Crippen molar-refractivity contribution >= 4 is 43.9 Å². The predicted molar refractivity (Wildman–Crippen MR) is 129 cm³/mol. The first kappa shape index (κ1) is 22.1. The van der Waals surface area contributed by atoms with Crippen LogP contribution in [0.3, 0.4) is 0 Å². The molecule has 1 aromatic heterocycles. The molecule has 0 fully saturated rings. The zero-order chi connectivity index (χ0) is 22.9. The number of sulfone groups is 1. The summed E-state index contributed by atoms with van der Waals surface area (Å²) in [5.74, 6) is -0.440. The second kappa shape index (κ2) is 8.81. The van der Waals surface area contributed by atoms with E-state index < -0.39 is 9.84 Å². The summed E-state index contributed by atoms with van der Waals surface area (Å²) >= 11 is 6.19. The number of anilines is 1. The molecule has 1 heterocycles. The molecule has 4 aromatic rings. The fraction of sp³-hybridized carbons (Fsp3) is 0.160. The molecule has 0 saturated heterocycles. The molecule has 0 unspecified atom stereocenters. The first-order valence-electron chi connectivity index (χ1n) is 10.2. The minimum Gasteiger partial charge on any atom is -0.337 e. The van der Waals surface area contributed by atoms with Crippen molar-refractivity contribution in [3.63, 3.8) is 0 Å². The Morgan fingerprint density at radius 1 is 1.00 bits per heavy atom. The number of para-hydroxylation sites is 1. The Balaban J connectivity index is 1.66. The van der Waals surface area contributed by atoms with Crippen molar-refractivity contribution in [2.45, 2.75) is 31.0 Å². The molecule has 32 heavy (non-hydrogen) atoms. The number of nitrogens with zero attached hydrogens (tertiary/aromatic N) is 1. The van der Waals surface area contributed by atoms with Gasteiger partial charge < -0.3 is 9.88 Å². The highest BCUT2D eigenvalue weighted by atomic mass is 35.5. The van der Waals surface area contributed by atoms with Crippen LogP contribution in [0.5, 0.6) is 0 Å². The van der Waals surface area contributed by atoms with Gasteiger partial charge in [-0.2, -0.15) is 0 Å². The lowest BCUT2D eigenvalue weighted by atomic mass is 10.1. The fourth-order valence-electron chi connectivity index (χ4n) is 3.70. The number of carbonyl (C=O) groups is 1. The van der Waals surface area contributed by atoms with Gasteiger partial charge in [-0.05, 0) is 48.7 Å². The molecule has 5 nitrogen and oxygen atoms in total. The summed E-state index contributed by atoms with van der Waals surface area (Å²) in [4.78, 5) is 13.0. The molecule has 0 bridgehead atoms. The van der Waals surface area contributed by atoms with E-state index in [4.69, 9.17) is 11.6 Å². The topological polar surface area (TPSA) is 68.2 Å². The molecular formula is C25H23ClN2O3S. The van der Waals surface area contributed by atoms with E-state index in [1.54, 1.807) is 47.2 Å². The predicted octanol–water partition coefficient (Wildman–Crippen LogP) is 5.52. The van der Waals surface area contributed by atoms with Crippen LogP contribution in [0, 0.1) is 13.8 Å². The smallest absolute Gasteiger partial charge is 0.244 e. The van der Waals surface area contributed by atoms with Crippen molar-refractivity contribution in [2.75, 3.05) is 5.32 Å². The van der Waals surface area contributed by atoms with Crippen molar-refractivity contribution in [1.82, 2.24) is 4.57 Å². The Morgan fingerprint density at radius 2 is 1.72 bits per heavy atom. The van der Waals surface area contributed by atoms with Gasteiger partial charge in [0.05, 0.1) is 10.6 Å². The minimum absolute atomic E-state index is 0.00446. The normalized spacial score (nSPS) is 11.6. The highest BCUT2D eigenvalue weighted by molar-refractivity contribution is 7.90. The number of aromatic nitrogens is 1. The zero-order valence-corrected chi connectivity index (χ0v) is 19.4. The van der Waals surface area contributed by atoms with E-state index in [0.717, 1.165) is 16.8 Å². The van der Waals surface area contributed by atoms with Crippen LogP contribution in [-0.2, 0) is 26.9 Å². The highest BCUT2D eigenvalue weighted by Crippen LogP contribution is 2.29. The van der Waals surface area contributed by atoms with Gasteiger partial charge in [0.25, 0.3) is 0 Å². The number of benzene rings is 3. The lowest BCUT2D eigenvalue weighted by Crippen LogP contribution is -2.19. The summed E-state index contributed by atoms with van der Waals surface area (Å²) in [6, 6.07) is 19.9. The number of halogens is 1. The third-order valence-electron chi connectivity index (χ3n) is 5.37. The van der Waals surface area contributed by atoms with E-state index in [0.29, 0.717) is 21.5 Å². The van der Waals surface area contributed by atoms with E-state index in [1.165, 1.54) is 0 Å². The summed E-state index contributed by atoms with van der Waals surface area (Å²) in [5.41, 5.74) is 3.98. The van der Waals surface area contributed by atoms with Gasteiger partial charge in [0.15, 0.2) is 9.84 Å². The van der Waals surface area contributed by atoms with Gasteiger partial charge in [0.1, 0.15) is 6.54 Å². The van der Waals surface area contributed by atoms with Crippen LogP contribution in [-0.4, -0.2) is 18.9 Å². The molecule has 1 amide bonds. The van der Waals surface area contributed by atoms with Crippen LogP contribution in [0.2, 0.25) is 5.02 Å². The first-order chi connectivity index (χ1) is 15.2. The summed E-state index contributed by atoms with van der Waals surface area (Å²) in [6.45, 7) is 3.89. The average molecular weight is 467 g/mol. The van der Waals surface area contributed by atoms with E-state index in [-0.39, 0.29) is 23.1 Å². The monoisotopic (exact) mass is 466 g/mol. The Bertz CT molecular complexity index is 1420. The minimum atomic E-state index is -3.69. The molecule has 0 radical (unpaired) electrons. The van der Waals surface area contributed by atoms with Crippen LogP contribution in [0.1, 0.15) is 16.7 Å². The number of hydrogen-bond acceptors (Lipinski definition) is 3. The number of aryl methyl sites for hydroxylation is 2. The van der Waals surface area contributed by atoms with Gasteiger partial charge in [-0.3, -0.25) is 4.79 Å². The second-order valence-electron chi connectivity index (χ2n) is 7.86. The van der Waals surface area contributed by atoms with E-state index in [9.17, 15) is 13.2 Å². The number of carbonyl (C=O) groups excluding carboxylic acids is 1. The lowest BCUT2D eigenvalue weighted by molar-refractivity contribution is -0.116. The molecule has 4 rings (SSSR count). The van der Waals surface area contributed by atoms with Crippen molar-refractivity contribution in [2.24, 2.45) is 0 Å². The van der Waals surface area contributed by atoms with Crippen molar-refractivity contribution in [1.29, 1.82) is 0 Å². The molecule has 164 valence electrons. The molecule has 3 aromatic carbocycles. The summed E-state index contributed by atoms with van der Waals surface area (Å²) in [7, 11) is -3.69. The zero-order valence-electron chi connectivity index (χ0n) is 17.8. The van der Waals surface area contributed by atoms with E-state index in [1.807, 2.05) is 44.2 Å². The molecule has 0 spiro atoms. The Labute approximate surface area is 192 Å². The van der Waals surface area contributed by atoms with E-state index in [2.05, 4.69) is 5.32 Å². The molecular weight excluding hydrogens is 444 g/mol. The molecule has 0 saturated carbocycles. The highest BCUT2D eigenvalue weighted by Gasteiger charge is 2.23. The molecule has 0 aliphatic heterocycles. The van der Waals surface area contributed by atoms with Crippen molar-refractivity contribution < 1.29 is 13.2 Å². The third kappa shape index (κ3) is 4.56. The first-order valence-corrected chi connectivity index (χ1v) is 12.2. The Hall–Kier alpha value is -3.09. The second-order valence-corrected chi connectivity index (χ2v) is 10.2. The summed E-state index contributed by atoms with van der Waals surface area (Å²) < 4.78 is 28.2. The van der Waals surface area contributed by atoms with Gasteiger partial charge in [-0.15, -0.1) is 0 Å². The summed E-state index contributed by atoms with van der Waals surface area (Å²) in [5, 5.41) is 3.93. The number of amides is 1. The van der Waals surface area contributed by atoms with Gasteiger partial charge in [-0.25, -0.2) is 8.42 Å². The summed E-state index contributed by atoms with van der Waals surface area (Å²) in [6.07, 6.45) is 1.54. The van der Waals surface area contributed by atoms with Gasteiger partial charge in [-0.1, -0.05) is 60.1 Å². The standard InChI is InChI=1S/C25H23ClN2O3S/c1-17-11-12-18(2)22(13-17)27-25(29)15-28-14-24(20-8-4-6-10-23(20)28)32(30,31)16-19-7-3-5-9-21(19)26/h3-14H,15-16H2,1-2H3,(H,27,29). The number of hydrogen-bond donors (Lipinski definition) is 1. The van der Waals surface area contributed by atoms with Crippen LogP contribution in [0.15, 0.2) is 77.8 Å². The fourth-order valence-corrected chi connectivity index (χ4v) is 5.60. The van der Waals surface area contributed by atoms with Gasteiger partial charge in [0.2, 0.25) is 5.91 Å². The molecule has 0 atom stereocenters. The maximum Gasteiger partial charge on any atom is 0.244 e. The Kier molecular flexibility index (Phi) is 6.09. The average Bonchev–Trinajstić information content (AvgIpc) is 3.12. The Morgan fingerprint density at radius 3 is 2.50 bits per heavy atom. The lowest BCUT2D eigenvalue weighted by Gasteiger charge is -2.10. The van der Waals surface area contributed by atoms with E-state index >= 15 is 0 Å². The van der Waals surface area contributed by atoms with Crippen LogP contribution < -0.4 is 5.32 Å². The third-order valence-corrected chi connectivity index (χ3v) is 7.43. The largest absolute Gasteiger partial charge is 0.337 e. The number of rotatable bonds is 6. The molecule has 0 aliphatic carbocycles. The van der Waals surface area contributed by atoms with Gasteiger partial charge in [0, 0.05) is 27.8 Å². The molecule has 0 aliphatic rings. The van der Waals surface area contributed by atoms with Crippen LogP contribution >= 0.6 is 11.6 Å². The number of nitrogens with one attached hydrogen (secondary N) is 1. The maximum absolute atomic E-state index is 13.3.